The Morgan fingerprint density at radius 1 is 0.500 bits per heavy atom. The van der Waals surface area contributed by atoms with Crippen LogP contribution in [0.15, 0.2) is 91.0 Å². The van der Waals surface area contributed by atoms with E-state index in [0.717, 1.165) is 0 Å². The Balaban J connectivity index is -0.000000202. The van der Waals surface area contributed by atoms with E-state index in [0.29, 0.717) is 0 Å². The SMILES string of the molecule is [Cl-].[Cl-].[Zr+2].[c-]1ccccc1.[c-]1ccccc1.c1cc[cH-]c1. The van der Waals surface area contributed by atoms with E-state index in [4.69, 9.17) is 0 Å². The summed E-state index contributed by atoms with van der Waals surface area (Å²) in [6.07, 6.45) is 0. The fraction of sp³-hybridized carbons (Fsp3) is 0. The molecule has 0 aliphatic heterocycles. The standard InChI is InChI=1S/2C6H5.C5H5.2ClH.Zr/c2*1-2-4-6-5-3-1;1-2-4-5-3-1;;;/h2*1-5H;1-5H;2*1H;/q3*-1;;;+2/p-2. The predicted molar refractivity (Wildman–Crippen MR) is 72.6 cm³/mol. The van der Waals surface area contributed by atoms with Crippen molar-refractivity contribution in [1.29, 1.82) is 0 Å². The van der Waals surface area contributed by atoms with E-state index in [2.05, 4.69) is 12.1 Å². The third kappa shape index (κ3) is 17.3. The van der Waals surface area contributed by atoms with E-state index in [1.165, 1.54) is 0 Å². The molecule has 3 aromatic rings. The van der Waals surface area contributed by atoms with Crippen LogP contribution in [-0.4, -0.2) is 0 Å². The number of rotatable bonds is 0. The summed E-state index contributed by atoms with van der Waals surface area (Å²) < 4.78 is 0. The molecule has 0 saturated heterocycles. The zero-order chi connectivity index (χ0) is 12.0. The number of hydrogen-bond acceptors (Lipinski definition) is 0. The van der Waals surface area contributed by atoms with Gasteiger partial charge in [-0.15, -0.1) is 0 Å². The third-order valence-electron chi connectivity index (χ3n) is 1.77. The van der Waals surface area contributed by atoms with E-state index in [9.17, 15) is 0 Å². The maximum absolute atomic E-state index is 2.89. The van der Waals surface area contributed by atoms with Gasteiger partial charge < -0.3 is 24.8 Å². The number of hydrogen-bond donors (Lipinski definition) is 0. The van der Waals surface area contributed by atoms with Gasteiger partial charge in [0.1, 0.15) is 0 Å². The molecule has 20 heavy (non-hydrogen) atoms. The molecule has 0 fully saturated rings. The van der Waals surface area contributed by atoms with E-state index in [1.54, 1.807) is 0 Å². The molecule has 0 N–H and O–H groups in total. The first-order chi connectivity index (χ1) is 8.50. The first-order valence-corrected chi connectivity index (χ1v) is 5.49. The van der Waals surface area contributed by atoms with Crippen LogP contribution in [0.5, 0.6) is 0 Å². The molecule has 0 saturated carbocycles. The van der Waals surface area contributed by atoms with Crippen LogP contribution in [0.2, 0.25) is 0 Å². The van der Waals surface area contributed by atoms with Gasteiger partial charge in [-0.05, 0) is 0 Å². The van der Waals surface area contributed by atoms with Gasteiger partial charge in [-0.3, -0.25) is 0 Å². The summed E-state index contributed by atoms with van der Waals surface area (Å²) in [5.74, 6) is 0. The zero-order valence-electron chi connectivity index (χ0n) is 10.9. The molecule has 0 amide bonds. The molecule has 0 aliphatic rings. The van der Waals surface area contributed by atoms with Crippen molar-refractivity contribution in [2.24, 2.45) is 0 Å². The molecule has 0 heterocycles. The molecule has 0 unspecified atom stereocenters. The van der Waals surface area contributed by atoms with Crippen molar-refractivity contribution in [3.05, 3.63) is 103 Å². The Hall–Kier alpha value is -0.747. The van der Waals surface area contributed by atoms with E-state index < -0.39 is 0 Å². The summed E-state index contributed by atoms with van der Waals surface area (Å²) in [7, 11) is 0. The summed E-state index contributed by atoms with van der Waals surface area (Å²) in [6, 6.07) is 35.0. The Labute approximate surface area is 153 Å². The van der Waals surface area contributed by atoms with Gasteiger partial charge in [0.05, 0.1) is 0 Å². The first kappa shape index (κ1) is 24.3. The Kier molecular flexibility index (Phi) is 25.0. The minimum Gasteiger partial charge on any atom is -1.00 e. The van der Waals surface area contributed by atoms with Gasteiger partial charge in [-0.25, -0.2) is 12.1 Å². The molecule has 0 aromatic heterocycles. The third-order valence-corrected chi connectivity index (χ3v) is 1.77. The van der Waals surface area contributed by atoms with E-state index in [-0.39, 0.29) is 51.0 Å². The molecule has 0 atom stereocenters. The second-order valence-corrected chi connectivity index (χ2v) is 3.12. The molecule has 0 aliphatic carbocycles. The zero-order valence-corrected chi connectivity index (χ0v) is 14.9. The van der Waals surface area contributed by atoms with Crippen LogP contribution in [0.4, 0.5) is 0 Å². The molecule has 104 valence electrons. The quantitative estimate of drug-likeness (QED) is 0.411. The normalized spacial score (nSPS) is 6.80. The average molecular weight is 381 g/mol. The van der Waals surface area contributed by atoms with Gasteiger partial charge in [-0.1, -0.05) is 0 Å². The van der Waals surface area contributed by atoms with Crippen molar-refractivity contribution in [2.75, 3.05) is 0 Å². The van der Waals surface area contributed by atoms with Crippen LogP contribution in [-0.2, 0) is 26.2 Å². The van der Waals surface area contributed by atoms with Crippen molar-refractivity contribution in [3.63, 3.8) is 0 Å². The number of halogens is 2. The molecule has 3 heteroatoms. The minimum atomic E-state index is 0. The largest absolute Gasteiger partial charge is 2.00 e. The van der Waals surface area contributed by atoms with Crippen molar-refractivity contribution in [3.8, 4) is 0 Å². The Morgan fingerprint density at radius 3 is 0.950 bits per heavy atom. The Morgan fingerprint density at radius 2 is 0.850 bits per heavy atom. The van der Waals surface area contributed by atoms with Crippen LogP contribution in [0.25, 0.3) is 0 Å². The second-order valence-electron chi connectivity index (χ2n) is 3.12. The number of benzene rings is 2. The van der Waals surface area contributed by atoms with E-state index in [1.807, 2.05) is 91.0 Å². The van der Waals surface area contributed by atoms with Gasteiger partial charge in [0, 0.05) is 0 Å². The van der Waals surface area contributed by atoms with Crippen molar-refractivity contribution in [2.45, 2.75) is 0 Å². The molecule has 0 radical (unpaired) electrons. The summed E-state index contributed by atoms with van der Waals surface area (Å²) in [5, 5.41) is 0. The van der Waals surface area contributed by atoms with Crippen LogP contribution in [0.3, 0.4) is 0 Å². The minimum absolute atomic E-state index is 0. The predicted octanol–water partition coefficient (Wildman–Crippen LogP) is -1.62. The van der Waals surface area contributed by atoms with Crippen LogP contribution in [0, 0.1) is 12.1 Å². The van der Waals surface area contributed by atoms with Gasteiger partial charge >= 0.3 is 26.2 Å². The monoisotopic (exact) mass is 379 g/mol. The average Bonchev–Trinajstić information content (AvgIpc) is 3.03. The maximum atomic E-state index is 2.89. The summed E-state index contributed by atoms with van der Waals surface area (Å²) >= 11 is 0. The second kappa shape index (κ2) is 20.6. The molecular formula is C17H15Cl2Zr-3. The fourth-order valence-electron chi connectivity index (χ4n) is 1.00. The van der Waals surface area contributed by atoms with Gasteiger partial charge in [-0.2, -0.15) is 91.0 Å². The molecule has 0 spiro atoms. The van der Waals surface area contributed by atoms with Crippen LogP contribution < -0.4 is 24.8 Å². The fourth-order valence-corrected chi connectivity index (χ4v) is 1.00. The van der Waals surface area contributed by atoms with Crippen LogP contribution >= 0.6 is 0 Å². The van der Waals surface area contributed by atoms with Crippen molar-refractivity contribution >= 4 is 0 Å². The van der Waals surface area contributed by atoms with Gasteiger partial charge in [0.15, 0.2) is 0 Å². The Bertz CT molecular complexity index is 325. The summed E-state index contributed by atoms with van der Waals surface area (Å²) in [6.45, 7) is 0. The van der Waals surface area contributed by atoms with Gasteiger partial charge in [0.2, 0.25) is 0 Å². The molecule has 3 rings (SSSR count). The summed E-state index contributed by atoms with van der Waals surface area (Å²) in [5.41, 5.74) is 0. The molecule has 0 nitrogen and oxygen atoms in total. The smallest absolute Gasteiger partial charge is 1.00 e. The maximum Gasteiger partial charge on any atom is 2.00 e. The van der Waals surface area contributed by atoms with Crippen LogP contribution in [0.1, 0.15) is 0 Å². The van der Waals surface area contributed by atoms with Gasteiger partial charge in [0.25, 0.3) is 0 Å². The topological polar surface area (TPSA) is 0 Å². The molecule has 0 bridgehead atoms. The first-order valence-electron chi connectivity index (χ1n) is 5.49. The molecular weight excluding hydrogens is 366 g/mol. The molecule has 3 aromatic carbocycles. The summed E-state index contributed by atoms with van der Waals surface area (Å²) in [4.78, 5) is 0. The van der Waals surface area contributed by atoms with Crippen molar-refractivity contribution < 1.29 is 51.0 Å². The van der Waals surface area contributed by atoms with Crippen molar-refractivity contribution in [1.82, 2.24) is 0 Å². The van der Waals surface area contributed by atoms with E-state index >= 15 is 0 Å².